The molecule has 0 aliphatic carbocycles. The molecule has 0 bridgehead atoms. The molecule has 0 saturated heterocycles. The number of hydrogen-bond acceptors (Lipinski definition) is 4. The first-order valence-electron chi connectivity index (χ1n) is 5.57. The summed E-state index contributed by atoms with van der Waals surface area (Å²) in [6.45, 7) is 0. The highest BCUT2D eigenvalue weighted by Crippen LogP contribution is 2.33. The van der Waals surface area contributed by atoms with Crippen molar-refractivity contribution in [2.24, 2.45) is 5.84 Å². The van der Waals surface area contributed by atoms with Gasteiger partial charge < -0.3 is 5.43 Å². The van der Waals surface area contributed by atoms with Crippen molar-refractivity contribution in [2.75, 3.05) is 10.1 Å². The van der Waals surface area contributed by atoms with Gasteiger partial charge in [-0.1, -0.05) is 34.8 Å². The third-order valence-corrected chi connectivity index (χ3v) is 5.00. The first-order valence-corrected chi connectivity index (χ1v) is 8.19. The number of anilines is 2. The summed E-state index contributed by atoms with van der Waals surface area (Å²) in [4.78, 5) is 0.0589. The Labute approximate surface area is 137 Å². The lowest BCUT2D eigenvalue weighted by molar-refractivity contribution is 0.601. The zero-order valence-corrected chi connectivity index (χ0v) is 13.5. The summed E-state index contributed by atoms with van der Waals surface area (Å²) in [5, 5.41) is 0.581. The van der Waals surface area contributed by atoms with E-state index in [1.165, 1.54) is 36.4 Å². The second kappa shape index (κ2) is 6.29. The zero-order valence-electron chi connectivity index (χ0n) is 10.4. The van der Waals surface area contributed by atoms with E-state index in [0.717, 1.165) is 0 Å². The molecule has 4 N–H and O–H groups in total. The van der Waals surface area contributed by atoms with E-state index in [9.17, 15) is 8.42 Å². The van der Waals surface area contributed by atoms with Crippen molar-refractivity contribution in [3.8, 4) is 0 Å². The van der Waals surface area contributed by atoms with Crippen molar-refractivity contribution in [1.82, 2.24) is 0 Å². The quantitative estimate of drug-likeness (QED) is 0.437. The predicted molar refractivity (Wildman–Crippen MR) is 86.5 cm³/mol. The van der Waals surface area contributed by atoms with E-state index in [1.807, 2.05) is 0 Å². The van der Waals surface area contributed by atoms with Gasteiger partial charge in [0.1, 0.15) is 0 Å². The molecule has 0 spiro atoms. The van der Waals surface area contributed by atoms with Gasteiger partial charge in [-0.2, -0.15) is 0 Å². The Balaban J connectivity index is 2.34. The van der Waals surface area contributed by atoms with Gasteiger partial charge in [0.05, 0.1) is 25.7 Å². The highest BCUT2D eigenvalue weighted by atomic mass is 35.5. The Kier molecular flexibility index (Phi) is 4.85. The van der Waals surface area contributed by atoms with Crippen LogP contribution in [0.15, 0.2) is 41.3 Å². The van der Waals surface area contributed by atoms with Crippen LogP contribution in [-0.2, 0) is 10.0 Å². The van der Waals surface area contributed by atoms with Crippen LogP contribution in [0.3, 0.4) is 0 Å². The third-order valence-electron chi connectivity index (χ3n) is 2.59. The maximum atomic E-state index is 12.3. The van der Waals surface area contributed by atoms with Gasteiger partial charge >= 0.3 is 0 Å². The molecule has 2 aromatic rings. The third kappa shape index (κ3) is 3.72. The van der Waals surface area contributed by atoms with Crippen LogP contribution in [0.4, 0.5) is 11.4 Å². The van der Waals surface area contributed by atoms with E-state index < -0.39 is 10.0 Å². The highest BCUT2D eigenvalue weighted by molar-refractivity contribution is 7.92. The molecule has 0 heterocycles. The molecule has 0 saturated carbocycles. The number of nitrogens with one attached hydrogen (secondary N) is 2. The number of hydrazine groups is 1. The van der Waals surface area contributed by atoms with Crippen LogP contribution >= 0.6 is 34.8 Å². The number of nitrogens with two attached hydrogens (primary N) is 1. The van der Waals surface area contributed by atoms with Crippen LogP contribution in [0.2, 0.25) is 15.1 Å². The molecule has 5 nitrogen and oxygen atoms in total. The summed E-state index contributed by atoms with van der Waals surface area (Å²) >= 11 is 17.6. The molecule has 0 unspecified atom stereocenters. The summed E-state index contributed by atoms with van der Waals surface area (Å²) < 4.78 is 26.9. The van der Waals surface area contributed by atoms with E-state index in [2.05, 4.69) is 10.1 Å². The Morgan fingerprint density at radius 3 is 2.05 bits per heavy atom. The topological polar surface area (TPSA) is 84.2 Å². The van der Waals surface area contributed by atoms with Gasteiger partial charge in [0.15, 0.2) is 0 Å². The summed E-state index contributed by atoms with van der Waals surface area (Å²) in [6, 6.07) is 8.59. The van der Waals surface area contributed by atoms with E-state index in [4.69, 9.17) is 40.6 Å². The SMILES string of the molecule is NNc1ccc(S(=O)(=O)Nc2cc(Cl)c(Cl)cc2Cl)cc1. The smallest absolute Gasteiger partial charge is 0.261 e. The molecule has 0 aromatic heterocycles. The molecule has 112 valence electrons. The summed E-state index contributed by atoms with van der Waals surface area (Å²) in [5.74, 6) is 5.22. The van der Waals surface area contributed by atoms with Crippen LogP contribution in [0, 0.1) is 0 Å². The fourth-order valence-corrected chi connectivity index (χ4v) is 3.26. The minimum Gasteiger partial charge on any atom is -0.324 e. The lowest BCUT2D eigenvalue weighted by Crippen LogP contribution is -2.13. The minimum absolute atomic E-state index is 0.0589. The molecule has 0 atom stereocenters. The summed E-state index contributed by atoms with van der Waals surface area (Å²) in [5.41, 5.74) is 3.14. The van der Waals surface area contributed by atoms with Gasteiger partial charge in [-0.15, -0.1) is 0 Å². The van der Waals surface area contributed by atoms with Crippen molar-refractivity contribution < 1.29 is 8.42 Å². The van der Waals surface area contributed by atoms with Crippen LogP contribution in [0.25, 0.3) is 0 Å². The van der Waals surface area contributed by atoms with Crippen molar-refractivity contribution in [3.05, 3.63) is 51.5 Å². The molecule has 2 aromatic carbocycles. The van der Waals surface area contributed by atoms with Crippen LogP contribution < -0.4 is 16.0 Å². The van der Waals surface area contributed by atoms with Gasteiger partial charge in [-0.05, 0) is 36.4 Å². The molecule has 0 fully saturated rings. The molecular weight excluding hydrogens is 357 g/mol. The highest BCUT2D eigenvalue weighted by Gasteiger charge is 2.16. The first kappa shape index (κ1) is 16.2. The average Bonchev–Trinajstić information content (AvgIpc) is 2.44. The Morgan fingerprint density at radius 1 is 0.905 bits per heavy atom. The first-order chi connectivity index (χ1) is 9.83. The maximum Gasteiger partial charge on any atom is 0.261 e. The van der Waals surface area contributed by atoms with Gasteiger partial charge in [-0.25, -0.2) is 8.42 Å². The largest absolute Gasteiger partial charge is 0.324 e. The maximum absolute atomic E-state index is 12.3. The van der Waals surface area contributed by atoms with Gasteiger partial charge in [0.25, 0.3) is 10.0 Å². The average molecular weight is 367 g/mol. The fraction of sp³-hybridized carbons (Fsp3) is 0. The minimum atomic E-state index is -3.80. The number of hydrogen-bond donors (Lipinski definition) is 3. The lowest BCUT2D eigenvalue weighted by atomic mass is 10.3. The van der Waals surface area contributed by atoms with E-state index in [-0.39, 0.29) is 25.7 Å². The molecule has 21 heavy (non-hydrogen) atoms. The molecule has 0 amide bonds. The molecular formula is C12H10Cl3N3O2S. The molecule has 0 aliphatic heterocycles. The Hall–Kier alpha value is -1.18. The predicted octanol–water partition coefficient (Wildman–Crippen LogP) is 3.73. The van der Waals surface area contributed by atoms with Gasteiger partial charge in [0, 0.05) is 5.69 Å². The number of sulfonamides is 1. The van der Waals surface area contributed by atoms with Gasteiger partial charge in [0.2, 0.25) is 0 Å². The van der Waals surface area contributed by atoms with Gasteiger partial charge in [-0.3, -0.25) is 10.6 Å². The number of benzene rings is 2. The van der Waals surface area contributed by atoms with Crippen molar-refractivity contribution in [3.63, 3.8) is 0 Å². The van der Waals surface area contributed by atoms with Crippen molar-refractivity contribution in [2.45, 2.75) is 4.90 Å². The van der Waals surface area contributed by atoms with Crippen LogP contribution in [0.1, 0.15) is 0 Å². The monoisotopic (exact) mass is 365 g/mol. The Morgan fingerprint density at radius 2 is 1.48 bits per heavy atom. The molecule has 2 rings (SSSR count). The standard InChI is InChI=1S/C12H10Cl3N3O2S/c13-9-5-11(15)12(6-10(9)14)18-21(19,20)8-3-1-7(17-16)2-4-8/h1-6,17-18H,16H2. The normalized spacial score (nSPS) is 11.2. The number of halogens is 3. The summed E-state index contributed by atoms with van der Waals surface area (Å²) in [7, 11) is -3.80. The zero-order chi connectivity index (χ0) is 15.6. The van der Waals surface area contributed by atoms with Crippen LogP contribution in [-0.4, -0.2) is 8.42 Å². The summed E-state index contributed by atoms with van der Waals surface area (Å²) in [6.07, 6.45) is 0. The second-order valence-corrected chi connectivity index (χ2v) is 6.92. The van der Waals surface area contributed by atoms with E-state index >= 15 is 0 Å². The van der Waals surface area contributed by atoms with E-state index in [1.54, 1.807) is 0 Å². The van der Waals surface area contributed by atoms with Crippen LogP contribution in [0.5, 0.6) is 0 Å². The van der Waals surface area contributed by atoms with Crippen molar-refractivity contribution in [1.29, 1.82) is 0 Å². The second-order valence-electron chi connectivity index (χ2n) is 4.02. The molecule has 0 radical (unpaired) electrons. The molecule has 0 aliphatic rings. The van der Waals surface area contributed by atoms with E-state index in [0.29, 0.717) is 5.69 Å². The Bertz CT molecular complexity index is 764. The number of nitrogen functional groups attached to an aromatic ring is 1. The van der Waals surface area contributed by atoms with Crippen molar-refractivity contribution >= 4 is 56.2 Å². The fourth-order valence-electron chi connectivity index (χ4n) is 1.53. The lowest BCUT2D eigenvalue weighted by Gasteiger charge is -2.11. The number of rotatable bonds is 4. The molecule has 9 heteroatoms.